The van der Waals surface area contributed by atoms with E-state index in [1.165, 1.54) is 0 Å². The monoisotopic (exact) mass is 449 g/mol. The lowest BCUT2D eigenvalue weighted by molar-refractivity contribution is -0.143. The fraction of sp³-hybridized carbons (Fsp3) is 0.423. The Kier molecular flexibility index (Phi) is 7.94. The van der Waals surface area contributed by atoms with E-state index in [0.717, 1.165) is 29.7 Å². The Morgan fingerprint density at radius 3 is 2.52 bits per heavy atom. The zero-order valence-electron chi connectivity index (χ0n) is 19.4. The molecule has 0 heterocycles. The molecule has 0 unspecified atom stereocenters. The number of anilines is 1. The summed E-state index contributed by atoms with van der Waals surface area (Å²) in [6.45, 7) is 4.51. The Morgan fingerprint density at radius 1 is 1.18 bits per heavy atom. The maximum absolute atomic E-state index is 12.6. The van der Waals surface area contributed by atoms with E-state index in [4.69, 9.17) is 9.84 Å². The SMILES string of the molecule is COc1ccc(C#N)cc1[C@H](C)Nc1ccc(C(=O)NC[C@H]2CC[C@H](C(=O)O)CC2)cc1C. The molecule has 1 saturated carbocycles. The summed E-state index contributed by atoms with van der Waals surface area (Å²) in [5.74, 6) is -0.0513. The fourth-order valence-electron chi connectivity index (χ4n) is 4.37. The van der Waals surface area contributed by atoms with Gasteiger partial charge in [-0.2, -0.15) is 5.26 Å². The molecule has 0 spiro atoms. The number of methoxy groups -OCH3 is 1. The Labute approximate surface area is 194 Å². The number of amides is 1. The third-order valence-electron chi connectivity index (χ3n) is 6.43. The number of nitrogens with zero attached hydrogens (tertiary/aromatic N) is 1. The van der Waals surface area contributed by atoms with Crippen molar-refractivity contribution in [2.45, 2.75) is 45.6 Å². The second-order valence-electron chi connectivity index (χ2n) is 8.73. The fourth-order valence-corrected chi connectivity index (χ4v) is 4.37. The summed E-state index contributed by atoms with van der Waals surface area (Å²) < 4.78 is 5.45. The number of nitriles is 1. The van der Waals surface area contributed by atoms with Gasteiger partial charge in [0.25, 0.3) is 5.91 Å². The highest BCUT2D eigenvalue weighted by Crippen LogP contribution is 2.31. The van der Waals surface area contributed by atoms with Gasteiger partial charge in [0.05, 0.1) is 30.7 Å². The van der Waals surface area contributed by atoms with Crippen LogP contribution in [0.3, 0.4) is 0 Å². The molecule has 2 aromatic rings. The van der Waals surface area contributed by atoms with Crippen molar-refractivity contribution in [1.29, 1.82) is 5.26 Å². The van der Waals surface area contributed by atoms with E-state index in [-0.39, 0.29) is 17.9 Å². The maximum atomic E-state index is 12.6. The number of rotatable bonds is 8. The summed E-state index contributed by atoms with van der Waals surface area (Å²) >= 11 is 0. The Balaban J connectivity index is 1.60. The van der Waals surface area contributed by atoms with E-state index < -0.39 is 5.97 Å². The lowest BCUT2D eigenvalue weighted by Gasteiger charge is -2.26. The summed E-state index contributed by atoms with van der Waals surface area (Å²) in [5.41, 5.74) is 3.88. The first-order valence-electron chi connectivity index (χ1n) is 11.3. The van der Waals surface area contributed by atoms with Crippen molar-refractivity contribution >= 4 is 17.6 Å². The highest BCUT2D eigenvalue weighted by atomic mass is 16.5. The standard InChI is InChI=1S/C26H31N3O4/c1-16-12-21(25(30)28-15-18-4-7-20(8-5-18)26(31)32)9-10-23(16)29-17(2)22-13-19(14-27)6-11-24(22)33-3/h6,9-13,17-18,20,29H,4-5,7-8,15H2,1-3H3,(H,28,30)(H,31,32)/t17-,18-,20-/m0/s1. The number of carboxylic acid groups (broad SMARTS) is 1. The van der Waals surface area contributed by atoms with Gasteiger partial charge in [0.1, 0.15) is 5.75 Å². The van der Waals surface area contributed by atoms with E-state index in [1.807, 2.05) is 32.0 Å². The molecule has 0 bridgehead atoms. The minimum Gasteiger partial charge on any atom is -0.496 e. The van der Waals surface area contributed by atoms with Crippen molar-refractivity contribution in [1.82, 2.24) is 5.32 Å². The molecule has 2 aromatic carbocycles. The number of carboxylic acids is 1. The molecule has 0 aliphatic heterocycles. The number of hydrogen-bond donors (Lipinski definition) is 3. The lowest BCUT2D eigenvalue weighted by atomic mass is 9.82. The molecule has 1 aliphatic rings. The number of nitrogens with one attached hydrogen (secondary N) is 2. The van der Waals surface area contributed by atoms with Crippen LogP contribution >= 0.6 is 0 Å². The summed E-state index contributed by atoms with van der Waals surface area (Å²) in [7, 11) is 1.61. The van der Waals surface area contributed by atoms with Gasteiger partial charge in [0.15, 0.2) is 0 Å². The van der Waals surface area contributed by atoms with Crippen LogP contribution in [0.2, 0.25) is 0 Å². The minimum absolute atomic E-state index is 0.104. The normalized spacial score (nSPS) is 18.6. The van der Waals surface area contributed by atoms with Crippen molar-refractivity contribution in [3.63, 3.8) is 0 Å². The van der Waals surface area contributed by atoms with Crippen molar-refractivity contribution in [3.05, 3.63) is 58.7 Å². The van der Waals surface area contributed by atoms with Crippen LogP contribution in [0.15, 0.2) is 36.4 Å². The Bertz CT molecular complexity index is 1050. The molecular formula is C26H31N3O4. The van der Waals surface area contributed by atoms with Gasteiger partial charge in [-0.1, -0.05) is 0 Å². The molecule has 1 amide bonds. The van der Waals surface area contributed by atoms with Crippen molar-refractivity contribution in [2.75, 3.05) is 19.0 Å². The van der Waals surface area contributed by atoms with Gasteiger partial charge >= 0.3 is 5.97 Å². The topological polar surface area (TPSA) is 111 Å². The molecule has 1 fully saturated rings. The molecule has 0 aromatic heterocycles. The van der Waals surface area contributed by atoms with E-state index in [2.05, 4.69) is 16.7 Å². The Morgan fingerprint density at radius 2 is 1.91 bits per heavy atom. The lowest BCUT2D eigenvalue weighted by Crippen LogP contribution is -2.32. The maximum Gasteiger partial charge on any atom is 0.306 e. The van der Waals surface area contributed by atoms with Gasteiger partial charge in [-0.25, -0.2) is 0 Å². The van der Waals surface area contributed by atoms with E-state index in [0.29, 0.717) is 42.2 Å². The predicted octanol–water partition coefficient (Wildman–Crippen LogP) is 4.67. The predicted molar refractivity (Wildman–Crippen MR) is 126 cm³/mol. The quantitative estimate of drug-likeness (QED) is 0.540. The average Bonchev–Trinajstić information content (AvgIpc) is 2.83. The number of hydrogen-bond acceptors (Lipinski definition) is 5. The summed E-state index contributed by atoms with van der Waals surface area (Å²) in [6, 6.07) is 12.9. The third kappa shape index (κ3) is 6.04. The molecule has 3 rings (SSSR count). The van der Waals surface area contributed by atoms with Gasteiger partial charge in [-0.3, -0.25) is 9.59 Å². The third-order valence-corrected chi connectivity index (χ3v) is 6.43. The second-order valence-corrected chi connectivity index (χ2v) is 8.73. The molecule has 0 saturated heterocycles. The van der Waals surface area contributed by atoms with Crippen LogP contribution in [-0.2, 0) is 4.79 Å². The number of carbonyl (C=O) groups is 2. The Hall–Kier alpha value is -3.53. The highest BCUT2D eigenvalue weighted by Gasteiger charge is 2.26. The molecule has 0 radical (unpaired) electrons. The molecule has 7 nitrogen and oxygen atoms in total. The van der Waals surface area contributed by atoms with Gasteiger partial charge in [0.2, 0.25) is 0 Å². The molecule has 1 atom stereocenters. The van der Waals surface area contributed by atoms with Gasteiger partial charge in [-0.05, 0) is 87.4 Å². The van der Waals surface area contributed by atoms with Crippen LogP contribution in [-0.4, -0.2) is 30.6 Å². The number of ether oxygens (including phenoxy) is 1. The van der Waals surface area contributed by atoms with Crippen molar-refractivity contribution < 1.29 is 19.4 Å². The summed E-state index contributed by atoms with van der Waals surface area (Å²) in [6.07, 6.45) is 3.01. The molecule has 7 heteroatoms. The van der Waals surface area contributed by atoms with Crippen LogP contribution in [0, 0.1) is 30.1 Å². The van der Waals surface area contributed by atoms with Crippen LogP contribution < -0.4 is 15.4 Å². The number of benzene rings is 2. The van der Waals surface area contributed by atoms with Gasteiger partial charge in [0, 0.05) is 23.4 Å². The first-order valence-corrected chi connectivity index (χ1v) is 11.3. The first kappa shape index (κ1) is 24.1. The van der Waals surface area contributed by atoms with E-state index in [9.17, 15) is 14.9 Å². The van der Waals surface area contributed by atoms with E-state index >= 15 is 0 Å². The van der Waals surface area contributed by atoms with Crippen molar-refractivity contribution in [3.8, 4) is 11.8 Å². The second kappa shape index (κ2) is 10.9. The molecule has 174 valence electrons. The van der Waals surface area contributed by atoms with Crippen LogP contribution in [0.1, 0.15) is 65.7 Å². The zero-order valence-corrected chi connectivity index (χ0v) is 19.4. The largest absolute Gasteiger partial charge is 0.496 e. The van der Waals surface area contributed by atoms with Crippen LogP contribution in [0.4, 0.5) is 5.69 Å². The molecule has 3 N–H and O–H groups in total. The highest BCUT2D eigenvalue weighted by molar-refractivity contribution is 5.94. The molecular weight excluding hydrogens is 418 g/mol. The zero-order chi connectivity index (χ0) is 24.0. The van der Waals surface area contributed by atoms with E-state index in [1.54, 1.807) is 25.3 Å². The van der Waals surface area contributed by atoms with Gasteiger partial charge in [-0.15, -0.1) is 0 Å². The molecule has 1 aliphatic carbocycles. The summed E-state index contributed by atoms with van der Waals surface area (Å²) in [5, 5.41) is 24.8. The number of carbonyl (C=O) groups excluding carboxylic acids is 1. The van der Waals surface area contributed by atoms with Gasteiger partial charge < -0.3 is 20.5 Å². The minimum atomic E-state index is -0.716. The average molecular weight is 450 g/mol. The number of aryl methyl sites for hydroxylation is 1. The van der Waals surface area contributed by atoms with Crippen LogP contribution in [0.5, 0.6) is 5.75 Å². The molecule has 33 heavy (non-hydrogen) atoms. The number of aliphatic carboxylic acids is 1. The first-order chi connectivity index (χ1) is 15.8. The van der Waals surface area contributed by atoms with Crippen LogP contribution in [0.25, 0.3) is 0 Å². The smallest absolute Gasteiger partial charge is 0.306 e. The summed E-state index contributed by atoms with van der Waals surface area (Å²) in [4.78, 5) is 23.7. The van der Waals surface area contributed by atoms with Crippen molar-refractivity contribution in [2.24, 2.45) is 11.8 Å².